The highest BCUT2D eigenvalue weighted by molar-refractivity contribution is 5.97. The summed E-state index contributed by atoms with van der Waals surface area (Å²) in [6.45, 7) is 1.95. The maximum atomic E-state index is 12.8. The zero-order chi connectivity index (χ0) is 18.5. The van der Waals surface area contributed by atoms with Crippen LogP contribution < -0.4 is 10.1 Å². The van der Waals surface area contributed by atoms with Crippen molar-refractivity contribution in [3.8, 4) is 17.2 Å². The summed E-state index contributed by atoms with van der Waals surface area (Å²) >= 11 is 0. The van der Waals surface area contributed by atoms with E-state index in [1.165, 1.54) is 0 Å². The summed E-state index contributed by atoms with van der Waals surface area (Å²) in [7, 11) is 1.56. The summed E-state index contributed by atoms with van der Waals surface area (Å²) < 4.78 is 7.29. The first-order valence-electron chi connectivity index (χ1n) is 8.47. The molecule has 1 heterocycles. The van der Waals surface area contributed by atoms with Crippen LogP contribution in [-0.4, -0.2) is 28.7 Å². The Morgan fingerprint density at radius 3 is 2.50 bits per heavy atom. The smallest absolute Gasteiger partial charge is 0.255 e. The van der Waals surface area contributed by atoms with Gasteiger partial charge in [0, 0.05) is 24.1 Å². The largest absolute Gasteiger partial charge is 0.508 e. The molecule has 26 heavy (non-hydrogen) atoms. The number of phenols is 1. The predicted octanol–water partition coefficient (Wildman–Crippen LogP) is 3.55. The fourth-order valence-electron chi connectivity index (χ4n) is 2.88. The minimum Gasteiger partial charge on any atom is -0.508 e. The number of phenolic OH excluding ortho intramolecular Hbond substituents is 1. The predicted molar refractivity (Wildman–Crippen MR) is 101 cm³/mol. The first-order chi connectivity index (χ1) is 12.6. The third-order valence-electron chi connectivity index (χ3n) is 4.19. The first kappa shape index (κ1) is 17.6. The Morgan fingerprint density at radius 1 is 1.15 bits per heavy atom. The van der Waals surface area contributed by atoms with Gasteiger partial charge in [-0.1, -0.05) is 12.1 Å². The Balaban J connectivity index is 1.75. The van der Waals surface area contributed by atoms with Gasteiger partial charge in [-0.05, 0) is 61.4 Å². The summed E-state index contributed by atoms with van der Waals surface area (Å²) in [6.07, 6.45) is 4.53. The van der Waals surface area contributed by atoms with Gasteiger partial charge < -0.3 is 19.7 Å². The Hall–Kier alpha value is -3.21. The number of hydrogen-bond donors (Lipinski definition) is 2. The van der Waals surface area contributed by atoms with Crippen LogP contribution in [0.5, 0.6) is 11.5 Å². The van der Waals surface area contributed by atoms with Gasteiger partial charge in [0.25, 0.3) is 5.91 Å². The molecular formula is C21H22N2O3. The van der Waals surface area contributed by atoms with Gasteiger partial charge in [-0.2, -0.15) is 0 Å². The van der Waals surface area contributed by atoms with Crippen molar-refractivity contribution in [3.05, 3.63) is 78.1 Å². The third-order valence-corrected chi connectivity index (χ3v) is 4.19. The van der Waals surface area contributed by atoms with Crippen molar-refractivity contribution in [2.75, 3.05) is 7.11 Å². The first-order valence-corrected chi connectivity index (χ1v) is 8.47. The number of amides is 1. The van der Waals surface area contributed by atoms with Crippen molar-refractivity contribution in [1.29, 1.82) is 0 Å². The van der Waals surface area contributed by atoms with Gasteiger partial charge in [0.15, 0.2) is 0 Å². The Morgan fingerprint density at radius 2 is 1.85 bits per heavy atom. The lowest BCUT2D eigenvalue weighted by atomic mass is 10.1. The summed E-state index contributed by atoms with van der Waals surface area (Å²) in [6, 6.07) is 16.3. The summed E-state index contributed by atoms with van der Waals surface area (Å²) in [5.74, 6) is 0.592. The number of rotatable bonds is 6. The number of ether oxygens (including phenoxy) is 1. The second kappa shape index (κ2) is 7.78. The molecule has 2 N–H and O–H groups in total. The van der Waals surface area contributed by atoms with Gasteiger partial charge >= 0.3 is 0 Å². The highest BCUT2D eigenvalue weighted by Gasteiger charge is 2.16. The fourth-order valence-corrected chi connectivity index (χ4v) is 2.88. The van der Waals surface area contributed by atoms with E-state index in [1.54, 1.807) is 25.3 Å². The van der Waals surface area contributed by atoms with E-state index in [9.17, 15) is 9.90 Å². The van der Waals surface area contributed by atoms with Crippen molar-refractivity contribution < 1.29 is 14.6 Å². The monoisotopic (exact) mass is 350 g/mol. The van der Waals surface area contributed by atoms with Crippen molar-refractivity contribution in [1.82, 2.24) is 9.88 Å². The average Bonchev–Trinajstić information content (AvgIpc) is 3.17. The highest BCUT2D eigenvalue weighted by Crippen LogP contribution is 2.22. The molecule has 0 aliphatic heterocycles. The number of nitrogens with zero attached hydrogens (tertiary/aromatic N) is 1. The lowest BCUT2D eigenvalue weighted by Gasteiger charge is -2.16. The van der Waals surface area contributed by atoms with Gasteiger partial charge in [-0.3, -0.25) is 4.79 Å². The molecule has 1 aromatic heterocycles. The minimum atomic E-state index is -0.179. The van der Waals surface area contributed by atoms with E-state index in [-0.39, 0.29) is 17.7 Å². The van der Waals surface area contributed by atoms with Crippen LogP contribution in [0.25, 0.3) is 5.69 Å². The van der Waals surface area contributed by atoms with Crippen LogP contribution in [0.2, 0.25) is 0 Å². The molecule has 1 atom stereocenters. The number of benzene rings is 2. The molecule has 1 amide bonds. The molecule has 5 heteroatoms. The molecule has 0 aliphatic rings. The van der Waals surface area contributed by atoms with Crippen LogP contribution in [-0.2, 0) is 6.42 Å². The molecule has 0 saturated heterocycles. The number of carbonyl (C=O) groups is 1. The number of aromatic nitrogens is 1. The van der Waals surface area contributed by atoms with E-state index in [2.05, 4.69) is 5.32 Å². The number of carbonyl (C=O) groups excluding carboxylic acids is 1. The average molecular weight is 350 g/mol. The summed E-state index contributed by atoms with van der Waals surface area (Å²) in [4.78, 5) is 12.8. The van der Waals surface area contributed by atoms with E-state index in [0.717, 1.165) is 11.3 Å². The number of methoxy groups -OCH3 is 1. The zero-order valence-electron chi connectivity index (χ0n) is 14.8. The van der Waals surface area contributed by atoms with Gasteiger partial charge in [0.2, 0.25) is 0 Å². The molecule has 5 nitrogen and oxygen atoms in total. The quantitative estimate of drug-likeness (QED) is 0.715. The van der Waals surface area contributed by atoms with Crippen LogP contribution in [0.3, 0.4) is 0 Å². The second-order valence-electron chi connectivity index (χ2n) is 6.22. The van der Waals surface area contributed by atoms with E-state index < -0.39 is 0 Å². The minimum absolute atomic E-state index is 0.0630. The number of aromatic hydroxyl groups is 1. The second-order valence-corrected chi connectivity index (χ2v) is 6.22. The van der Waals surface area contributed by atoms with Crippen molar-refractivity contribution in [3.63, 3.8) is 0 Å². The molecule has 3 aromatic rings. The van der Waals surface area contributed by atoms with Crippen molar-refractivity contribution >= 4 is 5.91 Å². The standard InChI is InChI=1S/C21H22N2O3/c1-15(13-16-5-8-18(24)9-6-16)22-21(25)19-14-17(7-10-20(19)26-2)23-11-3-4-12-23/h3-12,14-15,24H,13H2,1-2H3,(H,22,25). The lowest BCUT2D eigenvalue weighted by Crippen LogP contribution is -2.34. The molecule has 0 bridgehead atoms. The normalized spacial score (nSPS) is 11.8. The molecule has 0 spiro atoms. The lowest BCUT2D eigenvalue weighted by molar-refractivity contribution is 0.0937. The maximum absolute atomic E-state index is 12.8. The van der Waals surface area contributed by atoms with Gasteiger partial charge in [0.05, 0.1) is 12.7 Å². The van der Waals surface area contributed by atoms with Crippen molar-refractivity contribution in [2.45, 2.75) is 19.4 Å². The summed E-state index contributed by atoms with van der Waals surface area (Å²) in [5, 5.41) is 12.4. The molecule has 2 aromatic carbocycles. The van der Waals surface area contributed by atoms with Crippen LogP contribution in [0.15, 0.2) is 67.0 Å². The zero-order valence-corrected chi connectivity index (χ0v) is 14.8. The number of hydrogen-bond acceptors (Lipinski definition) is 3. The highest BCUT2D eigenvalue weighted by atomic mass is 16.5. The molecule has 3 rings (SSSR count). The molecule has 0 radical (unpaired) electrons. The van der Waals surface area contributed by atoms with E-state index in [0.29, 0.717) is 17.7 Å². The molecule has 0 aliphatic carbocycles. The topological polar surface area (TPSA) is 63.5 Å². The van der Waals surface area contributed by atoms with Crippen molar-refractivity contribution in [2.24, 2.45) is 0 Å². The molecule has 0 fully saturated rings. The maximum Gasteiger partial charge on any atom is 0.255 e. The van der Waals surface area contributed by atoms with E-state index >= 15 is 0 Å². The van der Waals surface area contributed by atoms with Gasteiger partial charge in [-0.25, -0.2) is 0 Å². The van der Waals surface area contributed by atoms with E-state index in [1.807, 2.05) is 60.3 Å². The number of nitrogens with one attached hydrogen (secondary N) is 1. The van der Waals surface area contributed by atoms with Crippen LogP contribution in [0.4, 0.5) is 0 Å². The van der Waals surface area contributed by atoms with Crippen LogP contribution in [0.1, 0.15) is 22.8 Å². The molecular weight excluding hydrogens is 328 g/mol. The van der Waals surface area contributed by atoms with Crippen LogP contribution in [0, 0.1) is 0 Å². The van der Waals surface area contributed by atoms with Gasteiger partial charge in [-0.15, -0.1) is 0 Å². The Kier molecular flexibility index (Phi) is 5.27. The van der Waals surface area contributed by atoms with Crippen LogP contribution >= 0.6 is 0 Å². The Bertz CT molecular complexity index is 871. The molecule has 0 saturated carbocycles. The fraction of sp³-hybridized carbons (Fsp3) is 0.190. The van der Waals surface area contributed by atoms with E-state index in [4.69, 9.17) is 4.74 Å². The molecule has 1 unspecified atom stereocenters. The Labute approximate surface area is 152 Å². The van der Waals surface area contributed by atoms with Gasteiger partial charge in [0.1, 0.15) is 11.5 Å². The SMILES string of the molecule is COc1ccc(-n2cccc2)cc1C(=O)NC(C)Cc1ccc(O)cc1. The third kappa shape index (κ3) is 4.06. The summed E-state index contributed by atoms with van der Waals surface area (Å²) in [5.41, 5.74) is 2.44. The molecule has 134 valence electrons.